The molecule has 33 heavy (non-hydrogen) atoms. The van der Waals surface area contributed by atoms with Crippen LogP contribution in [0.1, 0.15) is 109 Å². The summed E-state index contributed by atoms with van der Waals surface area (Å²) in [5.41, 5.74) is 3.56. The van der Waals surface area contributed by atoms with Crippen LogP contribution in [0.5, 0.6) is 5.75 Å². The lowest BCUT2D eigenvalue weighted by Gasteiger charge is -2.28. The van der Waals surface area contributed by atoms with Gasteiger partial charge in [-0.2, -0.15) is 0 Å². The standard InChI is InChI=1S/C31H47NO/c1-3-5-7-9-12-28-18-23-31(32-25-28)29-19-21-30(22-20-29)33-24-10-13-27-16-14-26(15-17-27)11-8-6-4-2/h18-23,25-27H,3-17,24H2,1-2H3/t26-,27-. The number of benzene rings is 1. The number of pyridine rings is 1. The summed E-state index contributed by atoms with van der Waals surface area (Å²) in [6, 6.07) is 12.9. The summed E-state index contributed by atoms with van der Waals surface area (Å²) in [5.74, 6) is 2.92. The van der Waals surface area contributed by atoms with Crippen LogP contribution in [0.4, 0.5) is 0 Å². The molecule has 3 rings (SSSR count). The fraction of sp³-hybridized carbons (Fsp3) is 0.645. The highest BCUT2D eigenvalue weighted by Gasteiger charge is 2.20. The van der Waals surface area contributed by atoms with E-state index in [0.717, 1.165) is 41.9 Å². The van der Waals surface area contributed by atoms with Gasteiger partial charge in [0.15, 0.2) is 0 Å². The average molecular weight is 450 g/mol. The molecule has 0 N–H and O–H groups in total. The molecule has 1 heterocycles. The van der Waals surface area contributed by atoms with E-state index in [0.29, 0.717) is 0 Å². The van der Waals surface area contributed by atoms with Gasteiger partial charge in [-0.25, -0.2) is 0 Å². The van der Waals surface area contributed by atoms with Crippen LogP contribution in [0, 0.1) is 11.8 Å². The average Bonchev–Trinajstić information content (AvgIpc) is 2.86. The zero-order chi connectivity index (χ0) is 23.1. The third kappa shape index (κ3) is 9.51. The first-order valence-electron chi connectivity index (χ1n) is 14.0. The zero-order valence-electron chi connectivity index (χ0n) is 21.4. The van der Waals surface area contributed by atoms with Gasteiger partial charge in [-0.15, -0.1) is 0 Å². The summed E-state index contributed by atoms with van der Waals surface area (Å²) in [6.07, 6.45) is 22.4. The van der Waals surface area contributed by atoms with Gasteiger partial charge in [0, 0.05) is 11.8 Å². The molecular formula is C31H47NO. The molecule has 2 nitrogen and oxygen atoms in total. The molecule has 0 bridgehead atoms. The number of rotatable bonds is 15. The Kier molecular flexibility index (Phi) is 11.8. The summed E-state index contributed by atoms with van der Waals surface area (Å²) in [4.78, 5) is 4.69. The topological polar surface area (TPSA) is 22.1 Å². The van der Waals surface area contributed by atoms with E-state index >= 15 is 0 Å². The van der Waals surface area contributed by atoms with E-state index in [1.807, 2.05) is 6.20 Å². The highest BCUT2D eigenvalue weighted by molar-refractivity contribution is 5.60. The number of hydrogen-bond acceptors (Lipinski definition) is 2. The van der Waals surface area contributed by atoms with Gasteiger partial charge in [-0.1, -0.05) is 90.5 Å². The Labute approximate surface area is 203 Å². The Balaban J connectivity index is 1.31. The molecule has 0 radical (unpaired) electrons. The normalized spacial score (nSPS) is 18.4. The third-order valence-corrected chi connectivity index (χ3v) is 7.50. The second kappa shape index (κ2) is 15.1. The molecule has 182 valence electrons. The summed E-state index contributed by atoms with van der Waals surface area (Å²) >= 11 is 0. The van der Waals surface area contributed by atoms with Crippen LogP contribution < -0.4 is 4.74 Å². The SMILES string of the molecule is CCCCCCc1ccc(-c2ccc(OCCC[C@H]3CC[C@H](CCCCC)CC3)cc2)nc1. The molecule has 2 aromatic rings. The van der Waals surface area contributed by atoms with Gasteiger partial charge in [0.2, 0.25) is 0 Å². The second-order valence-corrected chi connectivity index (χ2v) is 10.3. The zero-order valence-corrected chi connectivity index (χ0v) is 21.4. The fourth-order valence-corrected chi connectivity index (χ4v) is 5.27. The van der Waals surface area contributed by atoms with E-state index in [9.17, 15) is 0 Å². The smallest absolute Gasteiger partial charge is 0.119 e. The van der Waals surface area contributed by atoms with E-state index in [1.165, 1.54) is 95.5 Å². The van der Waals surface area contributed by atoms with Crippen molar-refractivity contribution in [2.75, 3.05) is 6.61 Å². The highest BCUT2D eigenvalue weighted by atomic mass is 16.5. The van der Waals surface area contributed by atoms with Gasteiger partial charge in [0.05, 0.1) is 12.3 Å². The van der Waals surface area contributed by atoms with Crippen molar-refractivity contribution >= 4 is 0 Å². The minimum absolute atomic E-state index is 0.834. The number of aryl methyl sites for hydroxylation is 1. The van der Waals surface area contributed by atoms with Crippen LogP contribution in [0.25, 0.3) is 11.3 Å². The molecule has 1 aromatic carbocycles. The molecule has 0 saturated heterocycles. The Hall–Kier alpha value is -1.83. The lowest BCUT2D eigenvalue weighted by Crippen LogP contribution is -2.15. The monoisotopic (exact) mass is 449 g/mol. The summed E-state index contributed by atoms with van der Waals surface area (Å²) < 4.78 is 6.04. The van der Waals surface area contributed by atoms with E-state index in [-0.39, 0.29) is 0 Å². The van der Waals surface area contributed by atoms with Crippen LogP contribution in [-0.4, -0.2) is 11.6 Å². The molecule has 1 aromatic heterocycles. The van der Waals surface area contributed by atoms with Crippen molar-refractivity contribution in [3.05, 3.63) is 48.2 Å². The molecule has 0 aliphatic heterocycles. The first-order chi connectivity index (χ1) is 16.3. The Bertz CT molecular complexity index is 743. The Morgan fingerprint density at radius 3 is 2.03 bits per heavy atom. The molecule has 0 unspecified atom stereocenters. The minimum atomic E-state index is 0.834. The molecule has 0 atom stereocenters. The van der Waals surface area contributed by atoms with Crippen molar-refractivity contribution in [1.82, 2.24) is 4.98 Å². The molecule has 1 saturated carbocycles. The van der Waals surface area contributed by atoms with Gasteiger partial charge in [-0.05, 0) is 73.4 Å². The van der Waals surface area contributed by atoms with Gasteiger partial charge >= 0.3 is 0 Å². The van der Waals surface area contributed by atoms with Crippen LogP contribution in [0.2, 0.25) is 0 Å². The van der Waals surface area contributed by atoms with Crippen molar-refractivity contribution < 1.29 is 4.74 Å². The van der Waals surface area contributed by atoms with E-state index in [4.69, 9.17) is 4.74 Å². The van der Waals surface area contributed by atoms with E-state index < -0.39 is 0 Å². The van der Waals surface area contributed by atoms with Crippen LogP contribution in [-0.2, 0) is 6.42 Å². The molecule has 0 amide bonds. The Morgan fingerprint density at radius 1 is 0.727 bits per heavy atom. The predicted octanol–water partition coefficient (Wildman–Crippen LogP) is 9.42. The number of ether oxygens (including phenoxy) is 1. The van der Waals surface area contributed by atoms with Crippen LogP contribution in [0.3, 0.4) is 0 Å². The maximum Gasteiger partial charge on any atom is 0.119 e. The van der Waals surface area contributed by atoms with Crippen LogP contribution >= 0.6 is 0 Å². The van der Waals surface area contributed by atoms with Crippen molar-refractivity contribution in [3.8, 4) is 17.0 Å². The first-order valence-corrected chi connectivity index (χ1v) is 14.0. The van der Waals surface area contributed by atoms with Gasteiger partial charge < -0.3 is 4.74 Å². The van der Waals surface area contributed by atoms with Crippen molar-refractivity contribution in [1.29, 1.82) is 0 Å². The molecular weight excluding hydrogens is 402 g/mol. The third-order valence-electron chi connectivity index (χ3n) is 7.50. The minimum Gasteiger partial charge on any atom is -0.494 e. The maximum absolute atomic E-state index is 6.04. The summed E-state index contributed by atoms with van der Waals surface area (Å²) in [7, 11) is 0. The maximum atomic E-state index is 6.04. The van der Waals surface area contributed by atoms with Crippen molar-refractivity contribution in [2.45, 2.75) is 110 Å². The molecule has 1 aliphatic rings. The molecule has 0 spiro atoms. The molecule has 1 aliphatic carbocycles. The van der Waals surface area contributed by atoms with E-state index in [2.05, 4.69) is 55.2 Å². The lowest BCUT2D eigenvalue weighted by atomic mass is 9.78. The molecule has 1 fully saturated rings. The highest BCUT2D eigenvalue weighted by Crippen LogP contribution is 2.34. The summed E-state index contributed by atoms with van der Waals surface area (Å²) in [6.45, 7) is 5.40. The number of nitrogens with zero attached hydrogens (tertiary/aromatic N) is 1. The Morgan fingerprint density at radius 2 is 1.39 bits per heavy atom. The number of hydrogen-bond donors (Lipinski definition) is 0. The quantitative estimate of drug-likeness (QED) is 0.253. The van der Waals surface area contributed by atoms with Gasteiger partial charge in [0.1, 0.15) is 5.75 Å². The molecule has 2 heteroatoms. The van der Waals surface area contributed by atoms with Gasteiger partial charge in [0.25, 0.3) is 0 Å². The fourth-order valence-electron chi connectivity index (χ4n) is 5.27. The van der Waals surface area contributed by atoms with Crippen molar-refractivity contribution in [2.24, 2.45) is 11.8 Å². The lowest BCUT2D eigenvalue weighted by molar-refractivity contribution is 0.228. The second-order valence-electron chi connectivity index (χ2n) is 10.3. The number of aromatic nitrogens is 1. The largest absolute Gasteiger partial charge is 0.494 e. The van der Waals surface area contributed by atoms with Crippen LogP contribution in [0.15, 0.2) is 42.6 Å². The van der Waals surface area contributed by atoms with Crippen molar-refractivity contribution in [3.63, 3.8) is 0 Å². The van der Waals surface area contributed by atoms with E-state index in [1.54, 1.807) is 0 Å². The predicted molar refractivity (Wildman–Crippen MR) is 142 cm³/mol. The summed E-state index contributed by atoms with van der Waals surface area (Å²) in [5, 5.41) is 0. The first kappa shape index (κ1) is 25.8. The number of unbranched alkanes of at least 4 members (excludes halogenated alkanes) is 5. The van der Waals surface area contributed by atoms with Gasteiger partial charge in [-0.3, -0.25) is 4.98 Å².